The molecule has 140 valence electrons. The molecule has 4 aromatic carbocycles. The lowest BCUT2D eigenvalue weighted by molar-refractivity contribution is 0.660. The first kappa shape index (κ1) is 16.4. The number of hydrogen-bond donors (Lipinski definition) is 1. The van der Waals surface area contributed by atoms with Gasteiger partial charge in [-0.05, 0) is 41.0 Å². The summed E-state index contributed by atoms with van der Waals surface area (Å²) in [5, 5.41) is 6.01. The molecule has 1 aromatic heterocycles. The highest BCUT2D eigenvalue weighted by Gasteiger charge is 2.36. The van der Waals surface area contributed by atoms with Crippen LogP contribution in [0.2, 0.25) is 0 Å². The summed E-state index contributed by atoms with van der Waals surface area (Å²) in [7, 11) is 0. The zero-order valence-corrected chi connectivity index (χ0v) is 16.5. The molecule has 0 spiro atoms. The summed E-state index contributed by atoms with van der Waals surface area (Å²) in [6, 6.07) is 29.8. The molecule has 0 radical (unpaired) electrons. The zero-order valence-electron chi connectivity index (χ0n) is 16.5. The van der Waals surface area contributed by atoms with Crippen molar-refractivity contribution in [3.8, 4) is 11.1 Å². The molecule has 0 atom stereocenters. The van der Waals surface area contributed by atoms with Crippen molar-refractivity contribution in [3.05, 3.63) is 96.1 Å². The molecular formula is C27H21NO. The standard InChI is InChI=1S/C27H21NO/c1-27(2)19-11-5-3-9-17(19)25-20(27)12-7-13-21(25)28-22-14-8-16-24-26(22)18-10-4-6-15-23(18)29-24/h3-16,28H,1-2H3. The first-order valence-electron chi connectivity index (χ1n) is 10.1. The van der Waals surface area contributed by atoms with E-state index in [0.29, 0.717) is 0 Å². The van der Waals surface area contributed by atoms with Crippen molar-refractivity contribution in [3.63, 3.8) is 0 Å². The SMILES string of the molecule is CC1(C)c2ccccc2-c2c(Nc3cccc4oc5ccccc5c34)cccc21. The molecule has 0 unspecified atom stereocenters. The molecule has 0 saturated carbocycles. The number of nitrogens with one attached hydrogen (secondary N) is 1. The summed E-state index contributed by atoms with van der Waals surface area (Å²) in [6.45, 7) is 4.62. The molecule has 0 fully saturated rings. The Labute approximate surface area is 169 Å². The second kappa shape index (κ2) is 5.74. The van der Waals surface area contributed by atoms with Crippen LogP contribution in [-0.4, -0.2) is 0 Å². The van der Waals surface area contributed by atoms with Gasteiger partial charge in [0.1, 0.15) is 11.2 Å². The highest BCUT2D eigenvalue weighted by Crippen LogP contribution is 2.52. The fourth-order valence-corrected chi connectivity index (χ4v) is 4.88. The molecule has 0 saturated heterocycles. The third kappa shape index (κ3) is 2.23. The van der Waals surface area contributed by atoms with Crippen molar-refractivity contribution in [2.45, 2.75) is 19.3 Å². The van der Waals surface area contributed by atoms with E-state index in [0.717, 1.165) is 33.3 Å². The maximum atomic E-state index is 6.07. The second-order valence-electron chi connectivity index (χ2n) is 8.30. The molecule has 2 nitrogen and oxygen atoms in total. The van der Waals surface area contributed by atoms with Gasteiger partial charge in [-0.15, -0.1) is 0 Å². The quantitative estimate of drug-likeness (QED) is 0.343. The van der Waals surface area contributed by atoms with Gasteiger partial charge < -0.3 is 9.73 Å². The predicted molar refractivity (Wildman–Crippen MR) is 121 cm³/mol. The lowest BCUT2D eigenvalue weighted by Gasteiger charge is -2.21. The van der Waals surface area contributed by atoms with Gasteiger partial charge in [-0.1, -0.05) is 74.5 Å². The summed E-state index contributed by atoms with van der Waals surface area (Å²) in [5.74, 6) is 0. The Morgan fingerprint density at radius 2 is 1.34 bits per heavy atom. The molecule has 29 heavy (non-hydrogen) atoms. The molecule has 1 heterocycles. The van der Waals surface area contributed by atoms with Crippen LogP contribution in [0, 0.1) is 0 Å². The van der Waals surface area contributed by atoms with Crippen molar-refractivity contribution in [2.75, 3.05) is 5.32 Å². The van der Waals surface area contributed by atoms with Crippen molar-refractivity contribution in [1.82, 2.24) is 0 Å². The van der Waals surface area contributed by atoms with Crippen LogP contribution in [0.15, 0.2) is 89.3 Å². The summed E-state index contributed by atoms with van der Waals surface area (Å²) < 4.78 is 6.07. The smallest absolute Gasteiger partial charge is 0.137 e. The Balaban J connectivity index is 1.58. The normalized spacial score (nSPS) is 14.1. The van der Waals surface area contributed by atoms with E-state index in [4.69, 9.17) is 4.42 Å². The van der Waals surface area contributed by atoms with E-state index >= 15 is 0 Å². The topological polar surface area (TPSA) is 25.2 Å². The first-order valence-corrected chi connectivity index (χ1v) is 10.1. The maximum absolute atomic E-state index is 6.07. The monoisotopic (exact) mass is 375 g/mol. The van der Waals surface area contributed by atoms with Crippen molar-refractivity contribution in [2.24, 2.45) is 0 Å². The summed E-state index contributed by atoms with van der Waals surface area (Å²) in [4.78, 5) is 0. The Morgan fingerprint density at radius 1 is 0.655 bits per heavy atom. The average molecular weight is 375 g/mol. The van der Waals surface area contributed by atoms with Crippen molar-refractivity contribution < 1.29 is 4.42 Å². The van der Waals surface area contributed by atoms with Crippen LogP contribution in [0.5, 0.6) is 0 Å². The van der Waals surface area contributed by atoms with Gasteiger partial charge in [0.15, 0.2) is 0 Å². The maximum Gasteiger partial charge on any atom is 0.137 e. The van der Waals surface area contributed by atoms with Gasteiger partial charge >= 0.3 is 0 Å². The van der Waals surface area contributed by atoms with Crippen LogP contribution < -0.4 is 5.32 Å². The van der Waals surface area contributed by atoms with Gasteiger partial charge in [0.25, 0.3) is 0 Å². The molecule has 0 amide bonds. The molecule has 2 heteroatoms. The second-order valence-corrected chi connectivity index (χ2v) is 8.30. The van der Waals surface area contributed by atoms with Crippen molar-refractivity contribution >= 4 is 33.3 Å². The fourth-order valence-electron chi connectivity index (χ4n) is 4.88. The van der Waals surface area contributed by atoms with E-state index in [2.05, 4.69) is 79.8 Å². The van der Waals surface area contributed by atoms with Crippen LogP contribution >= 0.6 is 0 Å². The molecule has 5 aromatic rings. The van der Waals surface area contributed by atoms with Crippen molar-refractivity contribution in [1.29, 1.82) is 0 Å². The Morgan fingerprint density at radius 3 is 2.28 bits per heavy atom. The minimum Gasteiger partial charge on any atom is -0.456 e. The van der Waals surface area contributed by atoms with E-state index in [9.17, 15) is 0 Å². The highest BCUT2D eigenvalue weighted by atomic mass is 16.3. The number of para-hydroxylation sites is 1. The fraction of sp³-hybridized carbons (Fsp3) is 0.111. The first-order chi connectivity index (χ1) is 14.1. The summed E-state index contributed by atoms with van der Waals surface area (Å²) in [6.07, 6.45) is 0. The number of anilines is 2. The molecule has 1 N–H and O–H groups in total. The van der Waals surface area contributed by atoms with Crippen LogP contribution in [0.1, 0.15) is 25.0 Å². The van der Waals surface area contributed by atoms with Gasteiger partial charge in [0.2, 0.25) is 0 Å². The number of benzene rings is 4. The Kier molecular flexibility index (Phi) is 3.25. The minimum absolute atomic E-state index is 0.00202. The van der Waals surface area contributed by atoms with E-state index in [1.807, 2.05) is 24.3 Å². The van der Waals surface area contributed by atoms with Gasteiger partial charge in [-0.3, -0.25) is 0 Å². The van der Waals surface area contributed by atoms with Crippen LogP contribution in [0.25, 0.3) is 33.1 Å². The number of hydrogen-bond acceptors (Lipinski definition) is 2. The minimum atomic E-state index is -0.00202. The molecule has 0 aliphatic heterocycles. The number of furan rings is 1. The Bertz CT molecular complexity index is 1410. The average Bonchev–Trinajstić information content (AvgIpc) is 3.23. The lowest BCUT2D eigenvalue weighted by Crippen LogP contribution is -2.14. The molecular weight excluding hydrogens is 354 g/mol. The Hall–Kier alpha value is -3.52. The van der Waals surface area contributed by atoms with Crippen LogP contribution in [0.3, 0.4) is 0 Å². The molecule has 1 aliphatic rings. The van der Waals surface area contributed by atoms with E-state index in [1.54, 1.807) is 0 Å². The largest absolute Gasteiger partial charge is 0.456 e. The van der Waals surface area contributed by atoms with Gasteiger partial charge in [-0.25, -0.2) is 0 Å². The summed E-state index contributed by atoms with van der Waals surface area (Å²) >= 11 is 0. The molecule has 6 rings (SSSR count). The van der Waals surface area contributed by atoms with Gasteiger partial charge in [-0.2, -0.15) is 0 Å². The highest BCUT2D eigenvalue weighted by molar-refractivity contribution is 6.12. The third-order valence-corrected chi connectivity index (χ3v) is 6.28. The van der Waals surface area contributed by atoms with Crippen LogP contribution in [0.4, 0.5) is 11.4 Å². The van der Waals surface area contributed by atoms with E-state index in [-0.39, 0.29) is 5.41 Å². The predicted octanol–water partition coefficient (Wildman–Crippen LogP) is 7.64. The van der Waals surface area contributed by atoms with E-state index < -0.39 is 0 Å². The van der Waals surface area contributed by atoms with E-state index in [1.165, 1.54) is 22.3 Å². The number of rotatable bonds is 2. The molecule has 0 bridgehead atoms. The zero-order chi connectivity index (χ0) is 19.6. The van der Waals surface area contributed by atoms with Gasteiger partial charge in [0.05, 0.1) is 11.1 Å². The van der Waals surface area contributed by atoms with Crippen LogP contribution in [-0.2, 0) is 5.41 Å². The molecule has 1 aliphatic carbocycles. The third-order valence-electron chi connectivity index (χ3n) is 6.28. The number of fused-ring (bicyclic) bond motifs is 6. The van der Waals surface area contributed by atoms with Gasteiger partial charge in [0, 0.05) is 22.1 Å². The summed E-state index contributed by atoms with van der Waals surface area (Å²) in [5.41, 5.74) is 9.41. The lowest BCUT2D eigenvalue weighted by atomic mass is 9.82.